The van der Waals surface area contributed by atoms with E-state index < -0.39 is 23.4 Å². The molecule has 3 rings (SSSR count). The second-order valence-corrected chi connectivity index (χ2v) is 9.79. The van der Waals surface area contributed by atoms with Gasteiger partial charge in [0, 0.05) is 17.1 Å². The smallest absolute Gasteiger partial charge is 0.425 e. The zero-order valence-electron chi connectivity index (χ0n) is 18.8. The number of aromatic nitrogens is 3. The second-order valence-electron chi connectivity index (χ2n) is 9.04. The van der Waals surface area contributed by atoms with Crippen LogP contribution in [0.3, 0.4) is 0 Å². The van der Waals surface area contributed by atoms with Crippen LogP contribution in [0.2, 0.25) is 0 Å². The highest BCUT2D eigenvalue weighted by Gasteiger charge is 2.35. The maximum absolute atomic E-state index is 12.9. The summed E-state index contributed by atoms with van der Waals surface area (Å²) in [5.74, 6) is -0.0318. The van der Waals surface area contributed by atoms with Crippen LogP contribution in [0, 0.1) is 0 Å². The normalized spacial score (nSPS) is 11.8. The van der Waals surface area contributed by atoms with Gasteiger partial charge in [0.25, 0.3) is 0 Å². The highest BCUT2D eigenvalue weighted by molar-refractivity contribution is 9.10. The van der Waals surface area contributed by atoms with Crippen molar-refractivity contribution in [1.29, 1.82) is 0 Å². The van der Waals surface area contributed by atoms with E-state index >= 15 is 0 Å². The third kappa shape index (κ3) is 5.59. The number of hydrogen-bond acceptors (Lipinski definition) is 7. The molecule has 0 bridgehead atoms. The predicted octanol–water partition coefficient (Wildman–Crippen LogP) is 6.13. The Hall–Kier alpha value is -3.07. The van der Waals surface area contributed by atoms with E-state index in [4.69, 9.17) is 9.47 Å². The molecule has 0 N–H and O–H groups in total. The van der Waals surface area contributed by atoms with Gasteiger partial charge in [-0.25, -0.2) is 19.6 Å². The molecule has 2 amide bonds. The summed E-state index contributed by atoms with van der Waals surface area (Å²) < 4.78 is 11.0. The van der Waals surface area contributed by atoms with Crippen molar-refractivity contribution in [3.8, 4) is 11.3 Å². The average molecular weight is 501 g/mol. The molecule has 0 unspecified atom stereocenters. The van der Waals surface area contributed by atoms with Crippen LogP contribution >= 0.6 is 15.9 Å². The Morgan fingerprint density at radius 2 is 1.53 bits per heavy atom. The first kappa shape index (κ1) is 23.6. The van der Waals surface area contributed by atoms with E-state index in [1.807, 2.05) is 30.3 Å². The molecule has 3 aromatic rings. The average Bonchev–Trinajstić information content (AvgIpc) is 2.66. The number of ether oxygens (including phenoxy) is 2. The van der Waals surface area contributed by atoms with Crippen LogP contribution < -0.4 is 4.90 Å². The lowest BCUT2D eigenvalue weighted by Gasteiger charge is -2.28. The van der Waals surface area contributed by atoms with Crippen molar-refractivity contribution in [3.05, 3.63) is 47.3 Å². The quantitative estimate of drug-likeness (QED) is 0.417. The molecule has 0 aliphatic carbocycles. The highest BCUT2D eigenvalue weighted by atomic mass is 79.9. The molecule has 1 aromatic carbocycles. The molecular weight excluding hydrogens is 476 g/mol. The SMILES string of the molecule is CC(C)(C)OC(=O)N(C(=O)OC(C)(C)C)c1ncc(-c2cccc3ncccc23)nc1Br. The summed E-state index contributed by atoms with van der Waals surface area (Å²) in [6, 6.07) is 9.47. The molecule has 0 saturated carbocycles. The monoisotopic (exact) mass is 500 g/mol. The van der Waals surface area contributed by atoms with Gasteiger partial charge in [0.2, 0.25) is 0 Å². The lowest BCUT2D eigenvalue weighted by atomic mass is 10.1. The topological polar surface area (TPSA) is 94.5 Å². The number of anilines is 1. The Kier molecular flexibility index (Phi) is 6.50. The van der Waals surface area contributed by atoms with Gasteiger partial charge in [0.05, 0.1) is 17.4 Å². The van der Waals surface area contributed by atoms with Crippen LogP contribution in [0.1, 0.15) is 41.5 Å². The van der Waals surface area contributed by atoms with E-state index in [2.05, 4.69) is 30.9 Å². The molecule has 9 heteroatoms. The third-order valence-electron chi connectivity index (χ3n) is 4.00. The lowest BCUT2D eigenvalue weighted by Crippen LogP contribution is -2.44. The number of halogens is 1. The first-order valence-corrected chi connectivity index (χ1v) is 10.8. The van der Waals surface area contributed by atoms with E-state index in [9.17, 15) is 9.59 Å². The molecule has 8 nitrogen and oxygen atoms in total. The minimum atomic E-state index is -0.913. The Bertz CT molecular complexity index is 1140. The van der Waals surface area contributed by atoms with Gasteiger partial charge in [0.15, 0.2) is 5.82 Å². The number of amides is 2. The Labute approximate surface area is 195 Å². The number of nitrogens with zero attached hydrogens (tertiary/aromatic N) is 4. The van der Waals surface area contributed by atoms with Crippen molar-refractivity contribution in [2.75, 3.05) is 4.90 Å². The molecule has 0 spiro atoms. The van der Waals surface area contributed by atoms with Gasteiger partial charge in [-0.3, -0.25) is 4.98 Å². The molecule has 168 valence electrons. The molecule has 0 atom stereocenters. The van der Waals surface area contributed by atoms with Crippen LogP contribution in [-0.2, 0) is 9.47 Å². The summed E-state index contributed by atoms with van der Waals surface area (Å²) in [7, 11) is 0. The van der Waals surface area contributed by atoms with Gasteiger partial charge < -0.3 is 9.47 Å². The number of imide groups is 1. The van der Waals surface area contributed by atoms with E-state index in [0.29, 0.717) is 5.69 Å². The number of carbonyl (C=O) groups is 2. The molecule has 2 aromatic heterocycles. The zero-order valence-corrected chi connectivity index (χ0v) is 20.4. The van der Waals surface area contributed by atoms with Crippen molar-refractivity contribution >= 4 is 44.8 Å². The van der Waals surface area contributed by atoms with Crippen LogP contribution in [0.4, 0.5) is 15.4 Å². The first-order valence-electron chi connectivity index (χ1n) is 9.98. The van der Waals surface area contributed by atoms with Crippen molar-refractivity contribution < 1.29 is 19.1 Å². The summed E-state index contributed by atoms with van der Waals surface area (Å²) in [4.78, 5) is 39.7. The second kappa shape index (κ2) is 8.82. The van der Waals surface area contributed by atoms with Crippen molar-refractivity contribution in [1.82, 2.24) is 15.0 Å². The number of benzene rings is 1. The summed E-state index contributed by atoms with van der Waals surface area (Å²) in [6.45, 7) is 10.2. The number of hydrogen-bond donors (Lipinski definition) is 0. The Morgan fingerprint density at radius 1 is 0.906 bits per heavy atom. The minimum Gasteiger partial charge on any atom is -0.443 e. The largest absolute Gasteiger partial charge is 0.443 e. The Balaban J connectivity index is 2.05. The van der Waals surface area contributed by atoms with Crippen LogP contribution in [0.15, 0.2) is 47.3 Å². The fourth-order valence-electron chi connectivity index (χ4n) is 2.83. The number of fused-ring (bicyclic) bond motifs is 1. The van der Waals surface area contributed by atoms with E-state index in [0.717, 1.165) is 21.4 Å². The lowest BCUT2D eigenvalue weighted by molar-refractivity contribution is 0.0428. The minimum absolute atomic E-state index is 0.0318. The fourth-order valence-corrected chi connectivity index (χ4v) is 3.30. The van der Waals surface area contributed by atoms with Gasteiger partial charge >= 0.3 is 12.2 Å². The van der Waals surface area contributed by atoms with Gasteiger partial charge in [-0.15, -0.1) is 0 Å². The third-order valence-corrected chi connectivity index (χ3v) is 4.53. The van der Waals surface area contributed by atoms with Crippen molar-refractivity contribution in [2.24, 2.45) is 0 Å². The predicted molar refractivity (Wildman–Crippen MR) is 125 cm³/mol. The molecule has 0 fully saturated rings. The standard InChI is InChI=1S/C23H25BrN4O4/c1-22(2,3)31-20(29)28(21(30)32-23(4,5)6)19-18(24)27-17(13-26-19)15-9-7-11-16-14(15)10-8-12-25-16/h7-13H,1-6H3. The first-order chi connectivity index (χ1) is 14.9. The van der Waals surface area contributed by atoms with Gasteiger partial charge in [-0.2, -0.15) is 4.90 Å². The van der Waals surface area contributed by atoms with E-state index in [1.165, 1.54) is 6.20 Å². The molecular formula is C23H25BrN4O4. The molecule has 0 aliphatic rings. The van der Waals surface area contributed by atoms with Crippen molar-refractivity contribution in [2.45, 2.75) is 52.7 Å². The van der Waals surface area contributed by atoms with E-state index in [-0.39, 0.29) is 10.4 Å². The molecule has 32 heavy (non-hydrogen) atoms. The summed E-state index contributed by atoms with van der Waals surface area (Å²) >= 11 is 3.36. The maximum atomic E-state index is 12.9. The van der Waals surface area contributed by atoms with E-state index in [1.54, 1.807) is 47.7 Å². The van der Waals surface area contributed by atoms with Crippen molar-refractivity contribution in [3.63, 3.8) is 0 Å². The summed E-state index contributed by atoms with van der Waals surface area (Å²) in [5.41, 5.74) is 0.528. The number of carbonyl (C=O) groups excluding carboxylic acids is 2. The number of pyridine rings is 1. The highest BCUT2D eigenvalue weighted by Crippen LogP contribution is 2.31. The molecule has 2 heterocycles. The maximum Gasteiger partial charge on any atom is 0.425 e. The van der Waals surface area contributed by atoms with Gasteiger partial charge in [0.1, 0.15) is 15.8 Å². The van der Waals surface area contributed by atoms with Crippen LogP contribution in [-0.4, -0.2) is 38.3 Å². The summed E-state index contributed by atoms with van der Waals surface area (Å²) in [6.07, 6.45) is 1.38. The zero-order chi connectivity index (χ0) is 23.7. The van der Waals surface area contributed by atoms with Gasteiger partial charge in [-0.05, 0) is 69.6 Å². The molecule has 0 radical (unpaired) electrons. The van der Waals surface area contributed by atoms with Crippen LogP contribution in [0.25, 0.3) is 22.2 Å². The van der Waals surface area contributed by atoms with Crippen LogP contribution in [0.5, 0.6) is 0 Å². The molecule has 0 aliphatic heterocycles. The van der Waals surface area contributed by atoms with Gasteiger partial charge in [-0.1, -0.05) is 18.2 Å². The Morgan fingerprint density at radius 3 is 2.09 bits per heavy atom. The number of rotatable bonds is 2. The fraction of sp³-hybridized carbons (Fsp3) is 0.348. The molecule has 0 saturated heterocycles. The summed E-state index contributed by atoms with van der Waals surface area (Å²) in [5, 5.41) is 0.903.